The van der Waals surface area contributed by atoms with Crippen LogP contribution in [0.15, 0.2) is 37.2 Å². The number of likely N-dealkylation sites (tertiary alicyclic amines) is 2. The van der Waals surface area contributed by atoms with Gasteiger partial charge in [0.15, 0.2) is 0 Å². The van der Waals surface area contributed by atoms with Crippen molar-refractivity contribution in [3.05, 3.63) is 42.7 Å². The molecule has 0 saturated carbocycles. The van der Waals surface area contributed by atoms with Crippen LogP contribution in [0, 0.1) is 11.3 Å². The maximum atomic E-state index is 12.9. The number of pyridine rings is 1. The summed E-state index contributed by atoms with van der Waals surface area (Å²) in [5, 5.41) is 21.4. The second kappa shape index (κ2) is 18.3. The van der Waals surface area contributed by atoms with Crippen LogP contribution in [-0.2, 0) is 30.5 Å². The molecular formula is C26H32F9N3O8. The van der Waals surface area contributed by atoms with Crippen LogP contribution in [-0.4, -0.2) is 112 Å². The number of aliphatic carboxylic acids is 3. The molecule has 2 atom stereocenters. The predicted molar refractivity (Wildman–Crippen MR) is 139 cm³/mol. The number of hydrogen-bond acceptors (Lipinski definition) is 8. The summed E-state index contributed by atoms with van der Waals surface area (Å²) in [4.78, 5) is 48.6. The first-order chi connectivity index (χ1) is 21.0. The van der Waals surface area contributed by atoms with Crippen LogP contribution in [0.1, 0.15) is 25.3 Å². The summed E-state index contributed by atoms with van der Waals surface area (Å²) in [7, 11) is 0. The molecule has 262 valence electrons. The minimum Gasteiger partial charge on any atom is -0.475 e. The van der Waals surface area contributed by atoms with Crippen LogP contribution in [0.5, 0.6) is 0 Å². The van der Waals surface area contributed by atoms with E-state index in [1.807, 2.05) is 31.5 Å². The Kier molecular flexibility index (Phi) is 16.7. The van der Waals surface area contributed by atoms with E-state index in [0.717, 1.165) is 52.1 Å². The number of hydrogen-bond donors (Lipinski definition) is 3. The average molecular weight is 686 g/mol. The zero-order valence-corrected chi connectivity index (χ0v) is 24.2. The van der Waals surface area contributed by atoms with Gasteiger partial charge in [-0.25, -0.2) is 14.4 Å². The maximum absolute atomic E-state index is 12.9. The van der Waals surface area contributed by atoms with E-state index in [2.05, 4.69) is 27.4 Å². The minimum absolute atomic E-state index is 0.00482. The number of alkyl halides is 9. The number of aromatic nitrogens is 1. The quantitative estimate of drug-likeness (QED) is 0.224. The lowest BCUT2D eigenvalue weighted by molar-refractivity contribution is -0.193. The van der Waals surface area contributed by atoms with Crippen molar-refractivity contribution in [2.24, 2.45) is 11.3 Å². The molecule has 2 fully saturated rings. The standard InChI is InChI=1S/C20H29N3O2.3C2HF3O2/c1-3-10-23-15-18-14-22(13-17-7-5-9-21-12-17)11-6-8-20(18,16-23)19(24)25-4-2;3*3-2(4,5)1(6)7/h3,5,7,9,12,18H,1,4,6,8,10-11,13-16H2,2H3;3*(H,6,7)/t18-,20-;;;/m0.../s1. The lowest BCUT2D eigenvalue weighted by Gasteiger charge is -2.31. The highest BCUT2D eigenvalue weighted by Crippen LogP contribution is 2.44. The Morgan fingerprint density at radius 2 is 1.43 bits per heavy atom. The summed E-state index contributed by atoms with van der Waals surface area (Å²) in [6.45, 7) is 11.6. The molecule has 1 aromatic rings. The van der Waals surface area contributed by atoms with E-state index >= 15 is 0 Å². The highest BCUT2D eigenvalue weighted by molar-refractivity contribution is 5.78. The van der Waals surface area contributed by atoms with E-state index in [1.165, 1.54) is 5.56 Å². The van der Waals surface area contributed by atoms with Crippen molar-refractivity contribution in [1.82, 2.24) is 14.8 Å². The number of carbonyl (C=O) groups is 4. The van der Waals surface area contributed by atoms with Gasteiger partial charge in [0, 0.05) is 51.0 Å². The minimum atomic E-state index is -5.08. The maximum Gasteiger partial charge on any atom is 0.490 e. The van der Waals surface area contributed by atoms with Gasteiger partial charge in [-0.3, -0.25) is 19.6 Å². The molecule has 3 heterocycles. The van der Waals surface area contributed by atoms with Crippen molar-refractivity contribution in [3.8, 4) is 0 Å². The van der Waals surface area contributed by atoms with Crippen LogP contribution < -0.4 is 0 Å². The summed E-state index contributed by atoms with van der Waals surface area (Å²) in [6.07, 6.45) is -7.65. The van der Waals surface area contributed by atoms with Crippen LogP contribution >= 0.6 is 0 Å². The number of fused-ring (bicyclic) bond motifs is 1. The summed E-state index contributed by atoms with van der Waals surface area (Å²) >= 11 is 0. The molecule has 1 aromatic heterocycles. The monoisotopic (exact) mass is 685 g/mol. The van der Waals surface area contributed by atoms with Gasteiger partial charge in [-0.1, -0.05) is 12.1 Å². The smallest absolute Gasteiger partial charge is 0.475 e. The molecule has 20 heteroatoms. The molecule has 0 aromatic carbocycles. The van der Waals surface area contributed by atoms with Gasteiger partial charge in [0.1, 0.15) is 0 Å². The lowest BCUT2D eigenvalue weighted by Crippen LogP contribution is -2.42. The first kappa shape index (κ1) is 42.1. The van der Waals surface area contributed by atoms with Crippen LogP contribution in [0.3, 0.4) is 0 Å². The Hall–Kier alpha value is -3.94. The first-order valence-corrected chi connectivity index (χ1v) is 13.0. The normalized spacial score (nSPS) is 20.1. The van der Waals surface area contributed by atoms with Gasteiger partial charge in [0.05, 0.1) is 12.0 Å². The number of nitrogens with zero attached hydrogens (tertiary/aromatic N) is 3. The topological polar surface area (TPSA) is 158 Å². The van der Waals surface area contributed by atoms with Gasteiger partial charge in [-0.15, -0.1) is 6.58 Å². The number of rotatable bonds is 6. The van der Waals surface area contributed by atoms with E-state index in [-0.39, 0.29) is 11.4 Å². The van der Waals surface area contributed by atoms with Gasteiger partial charge in [-0.2, -0.15) is 39.5 Å². The molecule has 0 aliphatic carbocycles. The molecular weight excluding hydrogens is 653 g/mol. The lowest BCUT2D eigenvalue weighted by atomic mass is 9.75. The van der Waals surface area contributed by atoms with Crippen molar-refractivity contribution < 1.29 is 78.7 Å². The fourth-order valence-corrected chi connectivity index (χ4v) is 4.44. The van der Waals surface area contributed by atoms with E-state index < -0.39 is 36.4 Å². The molecule has 2 saturated heterocycles. The van der Waals surface area contributed by atoms with Gasteiger partial charge in [-0.05, 0) is 37.9 Å². The number of esters is 1. The molecule has 0 amide bonds. The van der Waals surface area contributed by atoms with Gasteiger partial charge in [0.2, 0.25) is 0 Å². The van der Waals surface area contributed by atoms with E-state index in [1.54, 1.807) is 0 Å². The summed E-state index contributed by atoms with van der Waals surface area (Å²) < 4.78 is 101. The van der Waals surface area contributed by atoms with Gasteiger partial charge >= 0.3 is 42.4 Å². The summed E-state index contributed by atoms with van der Waals surface area (Å²) in [5.41, 5.74) is 0.870. The highest BCUT2D eigenvalue weighted by Gasteiger charge is 2.53. The molecule has 11 nitrogen and oxygen atoms in total. The van der Waals surface area contributed by atoms with E-state index in [4.69, 9.17) is 34.4 Å². The Bertz CT molecular complexity index is 1090. The van der Waals surface area contributed by atoms with Crippen molar-refractivity contribution in [1.29, 1.82) is 0 Å². The van der Waals surface area contributed by atoms with Crippen molar-refractivity contribution in [2.45, 2.75) is 44.8 Å². The van der Waals surface area contributed by atoms with Gasteiger partial charge < -0.3 is 20.1 Å². The van der Waals surface area contributed by atoms with E-state index in [0.29, 0.717) is 12.5 Å². The largest absolute Gasteiger partial charge is 0.490 e. The van der Waals surface area contributed by atoms with Crippen LogP contribution in [0.25, 0.3) is 0 Å². The molecule has 0 radical (unpaired) electrons. The Labute approximate surface area is 256 Å². The SMILES string of the molecule is C=CCN1C[C@@H]2CN(Cc3cccnc3)CCC[C@]2(C(=O)OCC)C1.O=C(O)C(F)(F)F.O=C(O)C(F)(F)F.O=C(O)C(F)(F)F. The highest BCUT2D eigenvalue weighted by atomic mass is 19.4. The summed E-state index contributed by atoms with van der Waals surface area (Å²) in [6, 6.07) is 4.10. The average Bonchev–Trinajstić information content (AvgIpc) is 3.17. The van der Waals surface area contributed by atoms with E-state index in [9.17, 15) is 44.3 Å². The molecule has 3 rings (SSSR count). The number of carbonyl (C=O) groups excluding carboxylic acids is 1. The number of halogens is 9. The fraction of sp³-hybridized carbons (Fsp3) is 0.577. The van der Waals surface area contributed by atoms with Crippen molar-refractivity contribution >= 4 is 23.9 Å². The second-order valence-corrected chi connectivity index (χ2v) is 9.66. The number of carboxylic acid groups (broad SMARTS) is 3. The summed E-state index contributed by atoms with van der Waals surface area (Å²) in [5.74, 6) is -7.96. The Balaban J connectivity index is 0.000000786. The second-order valence-electron chi connectivity index (χ2n) is 9.66. The molecule has 0 bridgehead atoms. The third-order valence-electron chi connectivity index (χ3n) is 6.27. The first-order valence-electron chi connectivity index (χ1n) is 13.0. The van der Waals surface area contributed by atoms with Gasteiger partial charge in [0.25, 0.3) is 0 Å². The molecule has 2 aliphatic heterocycles. The number of ether oxygens (including phenoxy) is 1. The third-order valence-corrected chi connectivity index (χ3v) is 6.27. The Morgan fingerprint density at radius 3 is 1.83 bits per heavy atom. The number of carboxylic acids is 3. The van der Waals surface area contributed by atoms with Crippen molar-refractivity contribution in [3.63, 3.8) is 0 Å². The Morgan fingerprint density at radius 1 is 0.957 bits per heavy atom. The zero-order chi connectivity index (χ0) is 35.9. The van der Waals surface area contributed by atoms with Crippen LogP contribution in [0.2, 0.25) is 0 Å². The molecule has 0 spiro atoms. The predicted octanol–water partition coefficient (Wildman–Crippen LogP) is 4.24. The third kappa shape index (κ3) is 14.9. The zero-order valence-electron chi connectivity index (χ0n) is 24.2. The van der Waals surface area contributed by atoms with Crippen molar-refractivity contribution in [2.75, 3.05) is 39.3 Å². The molecule has 46 heavy (non-hydrogen) atoms. The molecule has 0 unspecified atom stereocenters. The molecule has 2 aliphatic rings. The molecule has 3 N–H and O–H groups in total. The van der Waals surface area contributed by atoms with Crippen LogP contribution in [0.4, 0.5) is 39.5 Å². The fourth-order valence-electron chi connectivity index (χ4n) is 4.44.